The van der Waals surface area contributed by atoms with Crippen LogP contribution >= 0.6 is 0 Å². The Labute approximate surface area is 183 Å². The van der Waals surface area contributed by atoms with Crippen LogP contribution in [0.4, 0.5) is 0 Å². The van der Waals surface area contributed by atoms with E-state index in [0.29, 0.717) is 25.2 Å². The summed E-state index contributed by atoms with van der Waals surface area (Å²) in [6, 6.07) is 14.0. The number of sulfonamides is 2. The number of aromatic nitrogens is 2. The van der Waals surface area contributed by atoms with Gasteiger partial charge in [-0.05, 0) is 42.7 Å². The van der Waals surface area contributed by atoms with Crippen molar-refractivity contribution < 1.29 is 16.8 Å². The molecule has 1 saturated heterocycles. The molecular formula is C21H26N4O4S2. The van der Waals surface area contributed by atoms with Crippen molar-refractivity contribution in [2.24, 2.45) is 0 Å². The van der Waals surface area contributed by atoms with E-state index in [0.717, 1.165) is 30.3 Å². The maximum absolute atomic E-state index is 12.7. The highest BCUT2D eigenvalue weighted by atomic mass is 32.2. The van der Waals surface area contributed by atoms with Crippen molar-refractivity contribution in [3.05, 3.63) is 60.4 Å². The number of benzene rings is 2. The van der Waals surface area contributed by atoms with Gasteiger partial charge in [-0.1, -0.05) is 30.7 Å². The summed E-state index contributed by atoms with van der Waals surface area (Å²) in [4.78, 5) is 4.51. The molecule has 0 aliphatic carbocycles. The molecule has 31 heavy (non-hydrogen) atoms. The van der Waals surface area contributed by atoms with Gasteiger partial charge in [-0.25, -0.2) is 26.5 Å². The van der Waals surface area contributed by atoms with Gasteiger partial charge in [0.2, 0.25) is 20.0 Å². The molecular weight excluding hydrogens is 436 g/mol. The first-order valence-corrected chi connectivity index (χ1v) is 13.4. The van der Waals surface area contributed by atoms with E-state index in [9.17, 15) is 16.8 Å². The van der Waals surface area contributed by atoms with E-state index in [1.165, 1.54) is 4.31 Å². The second-order valence-corrected chi connectivity index (χ2v) is 11.5. The lowest BCUT2D eigenvalue weighted by Crippen LogP contribution is -2.35. The van der Waals surface area contributed by atoms with Crippen LogP contribution < -0.4 is 4.72 Å². The number of aryl methyl sites for hydroxylation is 1. The van der Waals surface area contributed by atoms with Crippen molar-refractivity contribution >= 4 is 31.1 Å². The predicted octanol–water partition coefficient (Wildman–Crippen LogP) is 2.33. The lowest BCUT2D eigenvalue weighted by atomic mass is 10.2. The fourth-order valence-corrected chi connectivity index (χ4v) is 6.19. The van der Waals surface area contributed by atoms with Crippen molar-refractivity contribution in [2.75, 3.05) is 18.8 Å². The summed E-state index contributed by atoms with van der Waals surface area (Å²) in [5.41, 5.74) is 2.42. The number of hydrogen-bond donors (Lipinski definition) is 1. The van der Waals surface area contributed by atoms with Gasteiger partial charge < -0.3 is 4.57 Å². The first-order valence-electron chi connectivity index (χ1n) is 10.3. The van der Waals surface area contributed by atoms with E-state index < -0.39 is 20.0 Å². The molecule has 0 bridgehead atoms. The molecule has 2 aromatic carbocycles. The number of piperidine rings is 1. The molecule has 0 atom stereocenters. The van der Waals surface area contributed by atoms with E-state index in [1.54, 1.807) is 30.6 Å². The second-order valence-electron chi connectivity index (χ2n) is 7.68. The van der Waals surface area contributed by atoms with Gasteiger partial charge in [0.05, 0.1) is 28.0 Å². The molecule has 1 aliphatic rings. The first-order chi connectivity index (χ1) is 14.9. The lowest BCUT2D eigenvalue weighted by Gasteiger charge is -2.25. The summed E-state index contributed by atoms with van der Waals surface area (Å²) in [5.74, 6) is -0.0746. The quantitative estimate of drug-likeness (QED) is 0.554. The van der Waals surface area contributed by atoms with Crippen LogP contribution in [-0.4, -0.2) is 49.5 Å². The zero-order valence-electron chi connectivity index (χ0n) is 17.1. The maximum atomic E-state index is 12.7. The Morgan fingerprint density at radius 2 is 1.61 bits per heavy atom. The minimum absolute atomic E-state index is 0.0746. The maximum Gasteiger partial charge on any atom is 0.243 e. The number of nitrogens with one attached hydrogen (secondary N) is 1. The average Bonchev–Trinajstić information content (AvgIpc) is 3.21. The monoisotopic (exact) mass is 462 g/mol. The number of hydrogen-bond acceptors (Lipinski definition) is 5. The topological polar surface area (TPSA) is 101 Å². The normalized spacial score (nSPS) is 16.0. The van der Waals surface area contributed by atoms with E-state index in [4.69, 9.17) is 0 Å². The van der Waals surface area contributed by atoms with Crippen molar-refractivity contribution in [3.63, 3.8) is 0 Å². The average molecular weight is 463 g/mol. The van der Waals surface area contributed by atoms with Crippen molar-refractivity contribution in [1.82, 2.24) is 18.6 Å². The van der Waals surface area contributed by atoms with Crippen LogP contribution in [0.1, 0.15) is 24.8 Å². The van der Waals surface area contributed by atoms with Crippen LogP contribution in [0, 0.1) is 0 Å². The van der Waals surface area contributed by atoms with Gasteiger partial charge in [0.1, 0.15) is 0 Å². The summed E-state index contributed by atoms with van der Waals surface area (Å²) < 4.78 is 56.2. The van der Waals surface area contributed by atoms with E-state index in [2.05, 4.69) is 9.71 Å². The largest absolute Gasteiger partial charge is 0.330 e. The summed E-state index contributed by atoms with van der Waals surface area (Å²) in [5, 5.41) is 0. The Bertz CT molecular complexity index is 1250. The molecule has 8 nitrogen and oxygen atoms in total. The van der Waals surface area contributed by atoms with E-state index >= 15 is 0 Å². The van der Waals surface area contributed by atoms with E-state index in [1.807, 2.05) is 28.8 Å². The zero-order chi connectivity index (χ0) is 21.9. The lowest BCUT2D eigenvalue weighted by molar-refractivity contribution is 0.346. The fourth-order valence-electron chi connectivity index (χ4n) is 3.71. The van der Waals surface area contributed by atoms with Crippen molar-refractivity contribution in [3.8, 4) is 0 Å². The van der Waals surface area contributed by atoms with Crippen LogP contribution in [0.2, 0.25) is 0 Å². The molecule has 4 rings (SSSR count). The summed E-state index contributed by atoms with van der Waals surface area (Å²) in [6.45, 7) is 1.51. The Hall–Kier alpha value is -2.27. The minimum atomic E-state index is -3.51. The Morgan fingerprint density at radius 3 is 2.35 bits per heavy atom. The van der Waals surface area contributed by atoms with Gasteiger partial charge in [0, 0.05) is 26.2 Å². The Morgan fingerprint density at radius 1 is 0.903 bits per heavy atom. The molecule has 3 aromatic rings. The number of para-hydroxylation sites is 2. The highest BCUT2D eigenvalue weighted by Crippen LogP contribution is 2.21. The van der Waals surface area contributed by atoms with Crippen molar-refractivity contribution in [2.45, 2.75) is 37.2 Å². The van der Waals surface area contributed by atoms with Gasteiger partial charge in [-0.3, -0.25) is 0 Å². The molecule has 1 aromatic heterocycles. The molecule has 2 heterocycles. The smallest absolute Gasteiger partial charge is 0.243 e. The van der Waals surface area contributed by atoms with Gasteiger partial charge in [0.25, 0.3) is 0 Å². The molecule has 10 heteroatoms. The number of nitrogens with zero attached hydrogens (tertiary/aromatic N) is 3. The number of fused-ring (bicyclic) bond motifs is 1. The summed E-state index contributed by atoms with van der Waals surface area (Å²) >= 11 is 0. The van der Waals surface area contributed by atoms with Gasteiger partial charge in [-0.15, -0.1) is 0 Å². The van der Waals surface area contributed by atoms with Crippen LogP contribution in [0.3, 0.4) is 0 Å². The van der Waals surface area contributed by atoms with Crippen LogP contribution in [0.15, 0.2) is 59.8 Å². The van der Waals surface area contributed by atoms with Crippen LogP contribution in [0.5, 0.6) is 0 Å². The molecule has 0 amide bonds. The highest BCUT2D eigenvalue weighted by molar-refractivity contribution is 7.89. The number of rotatable bonds is 8. The standard InChI is InChI=1S/C21H26N4O4S2/c26-30(27,15-14-24-17-22-20-6-2-3-7-21(20)24)23-16-18-8-10-19(11-9-18)31(28,29)25-12-4-1-5-13-25/h2-3,6-11,17,23H,1,4-5,12-16H2. The molecule has 1 aliphatic heterocycles. The van der Waals surface area contributed by atoms with Crippen LogP contribution in [-0.2, 0) is 33.1 Å². The molecule has 0 radical (unpaired) electrons. The van der Waals surface area contributed by atoms with Gasteiger partial charge in [0.15, 0.2) is 0 Å². The highest BCUT2D eigenvalue weighted by Gasteiger charge is 2.25. The van der Waals surface area contributed by atoms with Crippen LogP contribution in [0.25, 0.3) is 11.0 Å². The predicted molar refractivity (Wildman–Crippen MR) is 119 cm³/mol. The molecule has 166 valence electrons. The molecule has 1 N–H and O–H groups in total. The van der Waals surface area contributed by atoms with Gasteiger partial charge in [-0.2, -0.15) is 4.31 Å². The third-order valence-corrected chi connectivity index (χ3v) is 8.72. The molecule has 0 saturated carbocycles. The first kappa shape index (κ1) is 21.9. The summed E-state index contributed by atoms with van der Waals surface area (Å²) in [7, 11) is -6.99. The zero-order valence-corrected chi connectivity index (χ0v) is 18.8. The fraction of sp³-hybridized carbons (Fsp3) is 0.381. The Balaban J connectivity index is 1.35. The van der Waals surface area contributed by atoms with E-state index in [-0.39, 0.29) is 17.2 Å². The second kappa shape index (κ2) is 9.07. The Kier molecular flexibility index (Phi) is 6.42. The third-order valence-electron chi connectivity index (χ3n) is 5.50. The third kappa shape index (κ3) is 5.15. The number of imidazole rings is 1. The summed E-state index contributed by atoms with van der Waals surface area (Å²) in [6.07, 6.45) is 4.46. The van der Waals surface area contributed by atoms with Gasteiger partial charge >= 0.3 is 0 Å². The molecule has 0 spiro atoms. The van der Waals surface area contributed by atoms with Crippen molar-refractivity contribution in [1.29, 1.82) is 0 Å². The molecule has 1 fully saturated rings. The molecule has 0 unspecified atom stereocenters. The SMILES string of the molecule is O=S(=O)(CCn1cnc2ccccc21)NCc1ccc(S(=O)(=O)N2CCCCC2)cc1. The minimum Gasteiger partial charge on any atom is -0.330 e.